The van der Waals surface area contributed by atoms with Crippen LogP contribution in [0.15, 0.2) is 35.3 Å². The van der Waals surface area contributed by atoms with Crippen molar-refractivity contribution in [3.63, 3.8) is 0 Å². The number of hydrazine groups is 1. The highest BCUT2D eigenvalue weighted by Gasteiger charge is 2.21. The number of piperidine rings is 1. The summed E-state index contributed by atoms with van der Waals surface area (Å²) in [5.41, 5.74) is 3.58. The van der Waals surface area contributed by atoms with Crippen LogP contribution in [0.5, 0.6) is 0 Å². The van der Waals surface area contributed by atoms with Crippen LogP contribution < -0.4 is 11.3 Å². The van der Waals surface area contributed by atoms with Crippen LogP contribution in [0, 0.1) is 5.92 Å². The summed E-state index contributed by atoms with van der Waals surface area (Å²) >= 11 is 0. The number of aliphatic hydroxyl groups excluding tert-OH is 1. The summed E-state index contributed by atoms with van der Waals surface area (Å²) in [5, 5.41) is 9.05. The third kappa shape index (κ3) is 3.94. The molecule has 1 aliphatic rings. The number of nitrogens with one attached hydrogen (secondary N) is 1. The van der Waals surface area contributed by atoms with Crippen molar-refractivity contribution in [2.45, 2.75) is 19.3 Å². The molecule has 1 aliphatic heterocycles. The maximum atomic E-state index is 9.05. The molecule has 1 heterocycles. The van der Waals surface area contributed by atoms with Gasteiger partial charge in [-0.25, -0.2) is 10.8 Å². The van der Waals surface area contributed by atoms with Crippen LogP contribution in [0.3, 0.4) is 0 Å². The smallest absolute Gasteiger partial charge is 0.213 e. The van der Waals surface area contributed by atoms with Gasteiger partial charge in [-0.1, -0.05) is 18.2 Å². The lowest BCUT2D eigenvalue weighted by molar-refractivity contribution is 0.195. The molecular weight excluding hydrogens is 240 g/mol. The number of guanidine groups is 1. The van der Waals surface area contributed by atoms with Gasteiger partial charge in [-0.3, -0.25) is 5.43 Å². The molecule has 1 saturated heterocycles. The van der Waals surface area contributed by atoms with E-state index in [1.54, 1.807) is 0 Å². The molecule has 0 aromatic heterocycles. The number of aliphatic hydroxyl groups is 1. The summed E-state index contributed by atoms with van der Waals surface area (Å²) in [6.45, 7) is 2.11. The normalized spacial score (nSPS) is 20.4. The highest BCUT2D eigenvalue weighted by atomic mass is 16.3. The van der Waals surface area contributed by atoms with Crippen molar-refractivity contribution in [3.05, 3.63) is 30.3 Å². The van der Waals surface area contributed by atoms with E-state index in [0.717, 1.165) is 31.6 Å². The molecule has 104 valence electrons. The van der Waals surface area contributed by atoms with Gasteiger partial charge >= 0.3 is 0 Å². The molecule has 1 unspecified atom stereocenters. The number of likely N-dealkylation sites (tertiary alicyclic amines) is 1. The maximum Gasteiger partial charge on any atom is 0.213 e. The monoisotopic (exact) mass is 262 g/mol. The fraction of sp³-hybridized carbons (Fsp3) is 0.500. The molecule has 0 bridgehead atoms. The minimum Gasteiger partial charge on any atom is -0.396 e. The van der Waals surface area contributed by atoms with Gasteiger partial charge in [0.05, 0.1) is 5.69 Å². The predicted molar refractivity (Wildman–Crippen MR) is 76.9 cm³/mol. The first-order chi connectivity index (χ1) is 9.33. The molecule has 0 spiro atoms. The average molecular weight is 262 g/mol. The summed E-state index contributed by atoms with van der Waals surface area (Å²) in [4.78, 5) is 6.70. The number of hydrogen-bond donors (Lipinski definition) is 3. The lowest BCUT2D eigenvalue weighted by Crippen LogP contribution is -2.49. The van der Waals surface area contributed by atoms with Crippen molar-refractivity contribution in [3.8, 4) is 0 Å². The predicted octanol–water partition coefficient (Wildman–Crippen LogP) is 1.23. The third-order valence-corrected chi connectivity index (χ3v) is 3.48. The van der Waals surface area contributed by atoms with Crippen LogP contribution in [-0.4, -0.2) is 35.7 Å². The Bertz CT molecular complexity index is 405. The lowest BCUT2D eigenvalue weighted by atomic mass is 9.95. The van der Waals surface area contributed by atoms with Gasteiger partial charge in [-0.05, 0) is 37.3 Å². The van der Waals surface area contributed by atoms with Crippen LogP contribution in [0.2, 0.25) is 0 Å². The Morgan fingerprint density at radius 3 is 2.89 bits per heavy atom. The first-order valence-electron chi connectivity index (χ1n) is 6.79. The Hall–Kier alpha value is -1.59. The van der Waals surface area contributed by atoms with E-state index in [-0.39, 0.29) is 6.61 Å². The van der Waals surface area contributed by atoms with Gasteiger partial charge in [0.1, 0.15) is 0 Å². The standard InChI is InChI=1S/C14H22N4O/c15-17-14(16-13-6-2-1-3-7-13)18-9-4-5-12(11-18)8-10-19/h1-3,6-7,12,19H,4-5,8-11,15H2,(H,16,17). The zero-order valence-corrected chi connectivity index (χ0v) is 11.1. The van der Waals surface area contributed by atoms with Crippen molar-refractivity contribution >= 4 is 11.6 Å². The van der Waals surface area contributed by atoms with E-state index in [4.69, 9.17) is 10.9 Å². The molecule has 4 N–H and O–H groups in total. The van der Waals surface area contributed by atoms with E-state index in [0.29, 0.717) is 11.9 Å². The molecule has 1 aromatic carbocycles. The average Bonchev–Trinajstić information content (AvgIpc) is 2.46. The molecule has 1 atom stereocenters. The quantitative estimate of drug-likeness (QED) is 0.331. The summed E-state index contributed by atoms with van der Waals surface area (Å²) in [7, 11) is 0. The topological polar surface area (TPSA) is 73.9 Å². The molecule has 5 heteroatoms. The fourth-order valence-corrected chi connectivity index (χ4v) is 2.49. The van der Waals surface area contributed by atoms with Crippen LogP contribution in [-0.2, 0) is 0 Å². The highest BCUT2D eigenvalue weighted by molar-refractivity contribution is 5.82. The summed E-state index contributed by atoms with van der Waals surface area (Å²) in [6.07, 6.45) is 3.13. The molecular formula is C14H22N4O. The number of rotatable bonds is 3. The second kappa shape index (κ2) is 7.11. The minimum atomic E-state index is 0.250. The Morgan fingerprint density at radius 2 is 2.21 bits per heavy atom. The van der Waals surface area contributed by atoms with Gasteiger partial charge in [0, 0.05) is 19.7 Å². The van der Waals surface area contributed by atoms with E-state index in [2.05, 4.69) is 15.3 Å². The maximum absolute atomic E-state index is 9.05. The van der Waals surface area contributed by atoms with Gasteiger partial charge in [0.2, 0.25) is 5.96 Å². The molecule has 0 saturated carbocycles. The first-order valence-corrected chi connectivity index (χ1v) is 6.79. The van der Waals surface area contributed by atoms with Crippen LogP contribution in [0.25, 0.3) is 0 Å². The number of nitrogens with zero attached hydrogens (tertiary/aromatic N) is 2. The van der Waals surface area contributed by atoms with Gasteiger partial charge in [-0.2, -0.15) is 0 Å². The van der Waals surface area contributed by atoms with Gasteiger partial charge in [0.25, 0.3) is 0 Å². The number of para-hydroxylation sites is 1. The van der Waals surface area contributed by atoms with Gasteiger partial charge < -0.3 is 10.0 Å². The van der Waals surface area contributed by atoms with Crippen LogP contribution in [0.4, 0.5) is 5.69 Å². The number of aliphatic imine (C=N–C) groups is 1. The second-order valence-corrected chi connectivity index (χ2v) is 4.88. The molecule has 0 radical (unpaired) electrons. The number of hydrogen-bond acceptors (Lipinski definition) is 3. The highest BCUT2D eigenvalue weighted by Crippen LogP contribution is 2.20. The van der Waals surface area contributed by atoms with Crippen LogP contribution >= 0.6 is 0 Å². The number of benzene rings is 1. The Kier molecular flexibility index (Phi) is 5.18. The Labute approximate surface area is 114 Å². The van der Waals surface area contributed by atoms with Gasteiger partial charge in [-0.15, -0.1) is 0 Å². The van der Waals surface area contributed by atoms with Gasteiger partial charge in [0.15, 0.2) is 0 Å². The third-order valence-electron chi connectivity index (χ3n) is 3.48. The van der Waals surface area contributed by atoms with Crippen molar-refractivity contribution in [1.82, 2.24) is 10.3 Å². The van der Waals surface area contributed by atoms with Crippen molar-refractivity contribution in [2.24, 2.45) is 16.8 Å². The molecule has 5 nitrogen and oxygen atoms in total. The summed E-state index contributed by atoms with van der Waals surface area (Å²) < 4.78 is 0. The number of nitrogens with two attached hydrogens (primary N) is 1. The zero-order valence-electron chi connectivity index (χ0n) is 11.1. The molecule has 1 aromatic rings. The van der Waals surface area contributed by atoms with Crippen molar-refractivity contribution in [2.75, 3.05) is 19.7 Å². The van der Waals surface area contributed by atoms with Crippen molar-refractivity contribution < 1.29 is 5.11 Å². The lowest BCUT2D eigenvalue weighted by Gasteiger charge is -2.34. The van der Waals surface area contributed by atoms with E-state index in [1.807, 2.05) is 30.3 Å². The second-order valence-electron chi connectivity index (χ2n) is 4.88. The fourth-order valence-electron chi connectivity index (χ4n) is 2.49. The largest absolute Gasteiger partial charge is 0.396 e. The van der Waals surface area contributed by atoms with E-state index < -0.39 is 0 Å². The molecule has 19 heavy (non-hydrogen) atoms. The molecule has 2 rings (SSSR count). The SMILES string of the molecule is NNC(=Nc1ccccc1)N1CCCC(CCO)C1. The molecule has 0 amide bonds. The Morgan fingerprint density at radius 1 is 1.42 bits per heavy atom. The van der Waals surface area contributed by atoms with E-state index in [1.165, 1.54) is 6.42 Å². The molecule has 1 fully saturated rings. The molecule has 0 aliphatic carbocycles. The Balaban J connectivity index is 2.06. The summed E-state index contributed by atoms with van der Waals surface area (Å²) in [6, 6.07) is 9.78. The minimum absolute atomic E-state index is 0.250. The first kappa shape index (κ1) is 13.8. The van der Waals surface area contributed by atoms with E-state index >= 15 is 0 Å². The van der Waals surface area contributed by atoms with Crippen LogP contribution in [0.1, 0.15) is 19.3 Å². The van der Waals surface area contributed by atoms with Crippen molar-refractivity contribution in [1.29, 1.82) is 0 Å². The zero-order chi connectivity index (χ0) is 13.5. The summed E-state index contributed by atoms with van der Waals surface area (Å²) in [5.74, 6) is 6.82. The van der Waals surface area contributed by atoms with E-state index in [9.17, 15) is 0 Å².